The molecule has 1 heterocycles. The van der Waals surface area contributed by atoms with E-state index < -0.39 is 0 Å². The van der Waals surface area contributed by atoms with Crippen molar-refractivity contribution in [3.8, 4) is 0 Å². The molecule has 1 amide bonds. The van der Waals surface area contributed by atoms with Crippen LogP contribution in [0.25, 0.3) is 0 Å². The third kappa shape index (κ3) is 6.39. The molecule has 1 aliphatic rings. The predicted molar refractivity (Wildman–Crippen MR) is 80.2 cm³/mol. The van der Waals surface area contributed by atoms with Crippen LogP contribution in [0.4, 0.5) is 0 Å². The van der Waals surface area contributed by atoms with Crippen LogP contribution in [0.5, 0.6) is 0 Å². The molecule has 0 bridgehead atoms. The first-order chi connectivity index (χ1) is 9.02. The van der Waals surface area contributed by atoms with Gasteiger partial charge in [-0.2, -0.15) is 0 Å². The van der Waals surface area contributed by atoms with Gasteiger partial charge < -0.3 is 10.2 Å². The summed E-state index contributed by atoms with van der Waals surface area (Å²) in [5, 5.41) is 3.54. The number of nitrogens with zero attached hydrogens (tertiary/aromatic N) is 2. The Morgan fingerprint density at radius 3 is 2.84 bits per heavy atom. The molecule has 1 N–H and O–H groups in total. The van der Waals surface area contributed by atoms with Crippen molar-refractivity contribution < 1.29 is 4.79 Å². The van der Waals surface area contributed by atoms with Gasteiger partial charge >= 0.3 is 0 Å². The molecule has 4 nitrogen and oxygen atoms in total. The number of hydrogen-bond acceptors (Lipinski definition) is 3. The van der Waals surface area contributed by atoms with Gasteiger partial charge in [0.2, 0.25) is 5.91 Å². The average Bonchev–Trinajstić information content (AvgIpc) is 2.37. The van der Waals surface area contributed by atoms with Crippen LogP contribution in [0.2, 0.25) is 0 Å². The average molecular weight is 269 g/mol. The van der Waals surface area contributed by atoms with Crippen molar-refractivity contribution in [2.75, 3.05) is 46.3 Å². The molecular formula is C15H31N3O. The molecule has 1 rings (SSSR count). The Hall–Kier alpha value is -0.610. The fourth-order valence-electron chi connectivity index (χ4n) is 2.53. The van der Waals surface area contributed by atoms with Gasteiger partial charge in [-0.3, -0.25) is 9.69 Å². The molecule has 1 atom stereocenters. The van der Waals surface area contributed by atoms with E-state index in [1.807, 2.05) is 14.0 Å². The number of hydrogen-bond donors (Lipinski definition) is 1. The maximum atomic E-state index is 11.9. The highest BCUT2D eigenvalue weighted by atomic mass is 16.2. The molecule has 112 valence electrons. The fraction of sp³-hybridized carbons (Fsp3) is 0.933. The van der Waals surface area contributed by atoms with Crippen LogP contribution in [-0.2, 0) is 4.79 Å². The highest BCUT2D eigenvalue weighted by Gasteiger charge is 2.22. The Labute approximate surface area is 118 Å². The second kappa shape index (κ2) is 8.54. The zero-order chi connectivity index (χ0) is 14.3. The number of rotatable bonds is 7. The summed E-state index contributed by atoms with van der Waals surface area (Å²) in [5.41, 5.74) is 0. The van der Waals surface area contributed by atoms with Gasteiger partial charge in [-0.15, -0.1) is 0 Å². The van der Waals surface area contributed by atoms with Crippen molar-refractivity contribution >= 4 is 5.91 Å². The van der Waals surface area contributed by atoms with Crippen LogP contribution >= 0.6 is 0 Å². The summed E-state index contributed by atoms with van der Waals surface area (Å²) in [4.78, 5) is 16.0. The quantitative estimate of drug-likeness (QED) is 0.759. The highest BCUT2D eigenvalue weighted by molar-refractivity contribution is 5.77. The van der Waals surface area contributed by atoms with E-state index in [1.165, 1.54) is 12.8 Å². The molecule has 0 radical (unpaired) electrons. The molecule has 1 aliphatic heterocycles. The summed E-state index contributed by atoms with van der Waals surface area (Å²) in [6.45, 7) is 12.2. The van der Waals surface area contributed by atoms with Crippen molar-refractivity contribution in [3.05, 3.63) is 0 Å². The number of carbonyl (C=O) groups excluding carboxylic acids is 1. The fourth-order valence-corrected chi connectivity index (χ4v) is 2.53. The lowest BCUT2D eigenvalue weighted by Crippen LogP contribution is -2.45. The SMILES string of the molecule is CCN(C)C(=O)CN1CCCC(CNCC(C)C)C1. The first-order valence-corrected chi connectivity index (χ1v) is 7.70. The van der Waals surface area contributed by atoms with Crippen LogP contribution in [0.1, 0.15) is 33.6 Å². The number of nitrogens with one attached hydrogen (secondary N) is 1. The molecule has 0 spiro atoms. The van der Waals surface area contributed by atoms with E-state index in [0.717, 1.165) is 32.7 Å². The lowest BCUT2D eigenvalue weighted by atomic mass is 9.98. The molecule has 1 fully saturated rings. The van der Waals surface area contributed by atoms with Crippen LogP contribution in [0, 0.1) is 11.8 Å². The van der Waals surface area contributed by atoms with Crippen LogP contribution < -0.4 is 5.32 Å². The molecule has 0 saturated carbocycles. The predicted octanol–water partition coefficient (Wildman–Crippen LogP) is 1.42. The Balaban J connectivity index is 2.27. The lowest BCUT2D eigenvalue weighted by Gasteiger charge is -2.33. The number of amides is 1. The largest absolute Gasteiger partial charge is 0.345 e. The van der Waals surface area contributed by atoms with E-state index in [1.54, 1.807) is 4.90 Å². The summed E-state index contributed by atoms with van der Waals surface area (Å²) in [6, 6.07) is 0. The molecule has 1 unspecified atom stereocenters. The second-order valence-electron chi connectivity index (χ2n) is 6.20. The van der Waals surface area contributed by atoms with E-state index in [2.05, 4.69) is 24.1 Å². The van der Waals surface area contributed by atoms with Crippen molar-refractivity contribution in [1.82, 2.24) is 15.1 Å². The Bertz CT molecular complexity index is 268. The van der Waals surface area contributed by atoms with E-state index >= 15 is 0 Å². The van der Waals surface area contributed by atoms with Crippen molar-refractivity contribution in [3.63, 3.8) is 0 Å². The standard InChI is InChI=1S/C15H31N3O/c1-5-17(4)15(19)12-18-8-6-7-14(11-18)10-16-9-13(2)3/h13-14,16H,5-12H2,1-4H3. The van der Waals surface area contributed by atoms with Crippen LogP contribution in [0.3, 0.4) is 0 Å². The van der Waals surface area contributed by atoms with Crippen LogP contribution in [0.15, 0.2) is 0 Å². The highest BCUT2D eigenvalue weighted by Crippen LogP contribution is 2.15. The number of likely N-dealkylation sites (tertiary alicyclic amines) is 1. The van der Waals surface area contributed by atoms with Crippen LogP contribution in [-0.4, -0.2) is 62.0 Å². The van der Waals surface area contributed by atoms with E-state index in [4.69, 9.17) is 0 Å². The minimum absolute atomic E-state index is 0.248. The first kappa shape index (κ1) is 16.4. The minimum atomic E-state index is 0.248. The molecule has 0 aromatic carbocycles. The summed E-state index contributed by atoms with van der Waals surface area (Å²) in [6.07, 6.45) is 2.51. The maximum Gasteiger partial charge on any atom is 0.236 e. The van der Waals surface area contributed by atoms with Crippen molar-refractivity contribution in [2.24, 2.45) is 11.8 Å². The monoisotopic (exact) mass is 269 g/mol. The molecular weight excluding hydrogens is 238 g/mol. The summed E-state index contributed by atoms with van der Waals surface area (Å²) >= 11 is 0. The Kier molecular flexibility index (Phi) is 7.39. The zero-order valence-electron chi connectivity index (χ0n) is 13.1. The van der Waals surface area contributed by atoms with Gasteiger partial charge in [0.1, 0.15) is 0 Å². The smallest absolute Gasteiger partial charge is 0.236 e. The van der Waals surface area contributed by atoms with E-state index in [-0.39, 0.29) is 5.91 Å². The summed E-state index contributed by atoms with van der Waals surface area (Å²) < 4.78 is 0. The van der Waals surface area contributed by atoms with Crippen molar-refractivity contribution in [1.29, 1.82) is 0 Å². The molecule has 19 heavy (non-hydrogen) atoms. The molecule has 1 saturated heterocycles. The molecule has 0 aromatic heterocycles. The minimum Gasteiger partial charge on any atom is -0.345 e. The third-order valence-electron chi connectivity index (χ3n) is 3.85. The van der Waals surface area contributed by atoms with Gasteiger partial charge in [0.15, 0.2) is 0 Å². The number of carbonyl (C=O) groups is 1. The lowest BCUT2D eigenvalue weighted by molar-refractivity contribution is -0.131. The normalized spacial score (nSPS) is 20.8. The second-order valence-corrected chi connectivity index (χ2v) is 6.20. The van der Waals surface area contributed by atoms with Gasteiger partial charge in [-0.25, -0.2) is 0 Å². The summed E-state index contributed by atoms with van der Waals surface area (Å²) in [5.74, 6) is 1.66. The topological polar surface area (TPSA) is 35.6 Å². The van der Waals surface area contributed by atoms with E-state index in [0.29, 0.717) is 18.4 Å². The van der Waals surface area contributed by atoms with Gasteiger partial charge in [-0.1, -0.05) is 13.8 Å². The first-order valence-electron chi connectivity index (χ1n) is 7.70. The number of likely N-dealkylation sites (N-methyl/N-ethyl adjacent to an activating group) is 1. The van der Waals surface area contributed by atoms with Gasteiger partial charge in [0.25, 0.3) is 0 Å². The summed E-state index contributed by atoms with van der Waals surface area (Å²) in [7, 11) is 1.88. The van der Waals surface area contributed by atoms with E-state index in [9.17, 15) is 4.79 Å². The number of piperidine rings is 1. The Morgan fingerprint density at radius 2 is 2.21 bits per heavy atom. The molecule has 0 aromatic rings. The van der Waals surface area contributed by atoms with Crippen molar-refractivity contribution in [2.45, 2.75) is 33.6 Å². The van der Waals surface area contributed by atoms with Gasteiger partial charge in [-0.05, 0) is 51.2 Å². The van der Waals surface area contributed by atoms with Gasteiger partial charge in [0.05, 0.1) is 6.54 Å². The zero-order valence-corrected chi connectivity index (χ0v) is 13.1. The van der Waals surface area contributed by atoms with Gasteiger partial charge in [0, 0.05) is 20.1 Å². The molecule has 0 aliphatic carbocycles. The third-order valence-corrected chi connectivity index (χ3v) is 3.85. The maximum absolute atomic E-state index is 11.9. The molecule has 4 heteroatoms. The Morgan fingerprint density at radius 1 is 1.47 bits per heavy atom.